The molecule has 0 radical (unpaired) electrons. The lowest BCUT2D eigenvalue weighted by Crippen LogP contribution is -2.52. The number of nitrogens with one attached hydrogen (secondary N) is 1. The van der Waals surface area contributed by atoms with Crippen LogP contribution >= 0.6 is 11.6 Å². The van der Waals surface area contributed by atoms with Crippen LogP contribution in [0.15, 0.2) is 21.9 Å². The minimum Gasteiger partial charge on any atom is -0.414 e. The Morgan fingerprint density at radius 1 is 1.42 bits per heavy atom. The van der Waals surface area contributed by atoms with E-state index in [-0.39, 0.29) is 17.0 Å². The number of ether oxygens (including phenoxy) is 2. The second-order valence-corrected chi connectivity index (χ2v) is 13.4. The molecule has 0 unspecified atom stereocenters. The molecule has 26 heavy (non-hydrogen) atoms. The first-order chi connectivity index (χ1) is 12.0. The van der Waals surface area contributed by atoms with Crippen molar-refractivity contribution < 1.29 is 13.9 Å². The minimum atomic E-state index is -2.01. The van der Waals surface area contributed by atoms with E-state index in [9.17, 15) is 9.59 Å². The van der Waals surface area contributed by atoms with E-state index in [4.69, 9.17) is 25.5 Å². The van der Waals surface area contributed by atoms with Gasteiger partial charge in [0, 0.05) is 25.8 Å². The molecule has 2 rings (SSSR count). The van der Waals surface area contributed by atoms with Gasteiger partial charge in [-0.2, -0.15) is 0 Å². The Morgan fingerprint density at radius 2 is 2.08 bits per heavy atom. The quantitative estimate of drug-likeness (QED) is 0.581. The predicted octanol–water partition coefficient (Wildman–Crippen LogP) is 2.47. The molecule has 1 aliphatic rings. The smallest absolute Gasteiger partial charge is 0.330 e. The second-order valence-electron chi connectivity index (χ2n) is 8.30. The lowest BCUT2D eigenvalue weighted by molar-refractivity contribution is -0.118. The number of aromatic amines is 1. The Labute approximate surface area is 159 Å². The van der Waals surface area contributed by atoms with Gasteiger partial charge in [-0.3, -0.25) is 14.3 Å². The van der Waals surface area contributed by atoms with Crippen molar-refractivity contribution in [1.82, 2.24) is 9.55 Å². The topological polar surface area (TPSA) is 82.6 Å². The molecule has 9 heteroatoms. The molecule has 1 aliphatic heterocycles. The maximum absolute atomic E-state index is 12.1. The summed E-state index contributed by atoms with van der Waals surface area (Å²) >= 11 is 6.28. The van der Waals surface area contributed by atoms with Crippen molar-refractivity contribution in [1.29, 1.82) is 0 Å². The third kappa shape index (κ3) is 4.14. The summed E-state index contributed by atoms with van der Waals surface area (Å²) in [6.07, 6.45) is 0.966. The molecule has 0 saturated carbocycles. The van der Waals surface area contributed by atoms with Crippen molar-refractivity contribution in [3.8, 4) is 0 Å². The maximum Gasteiger partial charge on any atom is 0.330 e. The first kappa shape index (κ1) is 21.4. The first-order valence-corrected chi connectivity index (χ1v) is 12.1. The molecule has 2 heterocycles. The highest BCUT2D eigenvalue weighted by Gasteiger charge is 2.51. The Kier molecular flexibility index (Phi) is 6.24. The van der Waals surface area contributed by atoms with Crippen LogP contribution < -0.4 is 11.2 Å². The van der Waals surface area contributed by atoms with Gasteiger partial charge < -0.3 is 13.9 Å². The van der Waals surface area contributed by atoms with Gasteiger partial charge in [-0.25, -0.2) is 4.79 Å². The van der Waals surface area contributed by atoms with Crippen molar-refractivity contribution in [3.05, 3.63) is 33.1 Å². The highest BCUT2D eigenvalue weighted by Crippen LogP contribution is 2.42. The molecule has 0 aliphatic carbocycles. The van der Waals surface area contributed by atoms with Gasteiger partial charge in [-0.05, 0) is 18.1 Å². The SMILES string of the molecule is CO[C@H]1C[C@H](n2ccc(=O)[nH]c2=O)O[C@]1(CCl)CO[Si](C)(C)C(C)(C)C. The van der Waals surface area contributed by atoms with Crippen LogP contribution in [0.25, 0.3) is 0 Å². The number of rotatable bonds is 6. The van der Waals surface area contributed by atoms with Crippen LogP contribution in [0.4, 0.5) is 0 Å². The van der Waals surface area contributed by atoms with Gasteiger partial charge in [0.25, 0.3) is 5.56 Å². The van der Waals surface area contributed by atoms with Crippen LogP contribution in [0.5, 0.6) is 0 Å². The largest absolute Gasteiger partial charge is 0.414 e. The van der Waals surface area contributed by atoms with Crippen molar-refractivity contribution in [2.24, 2.45) is 0 Å². The van der Waals surface area contributed by atoms with Crippen LogP contribution in [-0.4, -0.2) is 49.2 Å². The molecule has 1 fully saturated rings. The summed E-state index contributed by atoms with van der Waals surface area (Å²) in [5, 5.41) is 0.0525. The molecule has 1 N–H and O–H groups in total. The Hall–Kier alpha value is -0.933. The molecule has 0 aromatic carbocycles. The molecule has 148 valence electrons. The Balaban J connectivity index is 2.27. The summed E-state index contributed by atoms with van der Waals surface area (Å²) in [5.41, 5.74) is -1.82. The van der Waals surface area contributed by atoms with Gasteiger partial charge in [0.15, 0.2) is 8.32 Å². The fraction of sp³-hybridized carbons (Fsp3) is 0.765. The van der Waals surface area contributed by atoms with Crippen LogP contribution in [-0.2, 0) is 13.9 Å². The summed E-state index contributed by atoms with van der Waals surface area (Å²) < 4.78 is 19.5. The lowest BCUT2D eigenvalue weighted by Gasteiger charge is -2.40. The van der Waals surface area contributed by atoms with Gasteiger partial charge >= 0.3 is 5.69 Å². The molecule has 0 amide bonds. The summed E-state index contributed by atoms with van der Waals surface area (Å²) in [7, 11) is -0.411. The Morgan fingerprint density at radius 3 is 2.58 bits per heavy atom. The maximum atomic E-state index is 12.1. The van der Waals surface area contributed by atoms with Crippen LogP contribution in [0.2, 0.25) is 18.1 Å². The summed E-state index contributed by atoms with van der Waals surface area (Å²) in [6.45, 7) is 11.1. The molecule has 7 nitrogen and oxygen atoms in total. The van der Waals surface area contributed by atoms with E-state index in [2.05, 4.69) is 38.8 Å². The number of alkyl halides is 1. The van der Waals surface area contributed by atoms with Crippen molar-refractivity contribution >= 4 is 19.9 Å². The lowest BCUT2D eigenvalue weighted by atomic mass is 10.00. The normalized spacial score (nSPS) is 27.0. The first-order valence-electron chi connectivity index (χ1n) is 8.68. The number of halogens is 1. The number of methoxy groups -OCH3 is 1. The molecule has 3 atom stereocenters. The van der Waals surface area contributed by atoms with Gasteiger partial charge in [0.05, 0.1) is 18.6 Å². The number of hydrogen-bond donors (Lipinski definition) is 1. The molecular formula is C17H29ClN2O5Si. The summed E-state index contributed by atoms with van der Waals surface area (Å²) in [4.78, 5) is 25.6. The van der Waals surface area contributed by atoms with E-state index in [1.54, 1.807) is 7.11 Å². The average Bonchev–Trinajstić information content (AvgIpc) is 2.91. The fourth-order valence-electron chi connectivity index (χ4n) is 2.73. The number of nitrogens with zero attached hydrogens (tertiary/aromatic N) is 1. The number of H-pyrrole nitrogens is 1. The zero-order valence-electron chi connectivity index (χ0n) is 16.3. The van der Waals surface area contributed by atoms with E-state index in [0.29, 0.717) is 13.0 Å². The highest BCUT2D eigenvalue weighted by molar-refractivity contribution is 6.74. The van der Waals surface area contributed by atoms with E-state index in [1.165, 1.54) is 16.8 Å². The predicted molar refractivity (Wildman–Crippen MR) is 103 cm³/mol. The number of aromatic nitrogens is 2. The van der Waals surface area contributed by atoms with E-state index >= 15 is 0 Å². The van der Waals surface area contributed by atoms with Crippen molar-refractivity contribution in [3.63, 3.8) is 0 Å². The van der Waals surface area contributed by atoms with Crippen LogP contribution in [0.3, 0.4) is 0 Å². The molecular weight excluding hydrogens is 376 g/mol. The monoisotopic (exact) mass is 404 g/mol. The van der Waals surface area contributed by atoms with Gasteiger partial charge in [-0.15, -0.1) is 11.6 Å². The van der Waals surface area contributed by atoms with Gasteiger partial charge in [0.1, 0.15) is 11.8 Å². The summed E-state index contributed by atoms with van der Waals surface area (Å²) in [5.74, 6) is 0.175. The second kappa shape index (κ2) is 7.59. The summed E-state index contributed by atoms with van der Waals surface area (Å²) in [6, 6.07) is 1.29. The van der Waals surface area contributed by atoms with Gasteiger partial charge in [0.2, 0.25) is 0 Å². The van der Waals surface area contributed by atoms with E-state index in [1.807, 2.05) is 0 Å². The molecule has 1 saturated heterocycles. The fourth-order valence-corrected chi connectivity index (χ4v) is 4.08. The third-order valence-corrected chi connectivity index (χ3v) is 10.5. The minimum absolute atomic E-state index is 0.0525. The highest BCUT2D eigenvalue weighted by atomic mass is 35.5. The van der Waals surface area contributed by atoms with Crippen molar-refractivity contribution in [2.75, 3.05) is 19.6 Å². The third-order valence-electron chi connectivity index (χ3n) is 5.53. The molecule has 0 bridgehead atoms. The number of hydrogen-bond acceptors (Lipinski definition) is 5. The Bertz CT molecular complexity index is 742. The average molecular weight is 405 g/mol. The van der Waals surface area contributed by atoms with E-state index in [0.717, 1.165) is 0 Å². The molecule has 1 aromatic heterocycles. The van der Waals surface area contributed by atoms with Crippen LogP contribution in [0.1, 0.15) is 33.4 Å². The van der Waals surface area contributed by atoms with Crippen LogP contribution in [0, 0.1) is 0 Å². The van der Waals surface area contributed by atoms with Gasteiger partial charge in [-0.1, -0.05) is 20.8 Å². The molecule has 1 aromatic rings. The van der Waals surface area contributed by atoms with Crippen molar-refractivity contribution in [2.45, 2.75) is 63.3 Å². The zero-order chi connectivity index (χ0) is 19.8. The zero-order valence-corrected chi connectivity index (χ0v) is 18.1. The standard InChI is InChI=1S/C17H29ClN2O5Si/c1-16(2,3)26(5,6)24-11-17(10-18)12(23-4)9-14(25-17)20-8-7-13(21)19-15(20)22/h7-8,12,14H,9-11H2,1-6H3,(H,19,21,22)/t12-,14+,17+/m0/s1. The molecule has 0 spiro atoms. The van der Waals surface area contributed by atoms with E-state index < -0.39 is 31.4 Å².